The first-order valence-corrected chi connectivity index (χ1v) is 4.94. The smallest absolute Gasteiger partial charge is 0.274 e. The zero-order chi connectivity index (χ0) is 11.6. The number of aryl methyl sites for hydroxylation is 1. The van der Waals surface area contributed by atoms with Crippen LogP contribution in [-0.2, 0) is 0 Å². The molecule has 4 heteroatoms. The molecular weight excluding hydrogens is 192 g/mol. The molecule has 0 aromatic heterocycles. The molecule has 1 rings (SSSR count). The van der Waals surface area contributed by atoms with Gasteiger partial charge in [0.2, 0.25) is 0 Å². The molecule has 0 saturated heterocycles. The van der Waals surface area contributed by atoms with Crippen molar-refractivity contribution in [2.75, 3.05) is 0 Å². The summed E-state index contributed by atoms with van der Waals surface area (Å²) < 4.78 is 0. The molecule has 0 aliphatic heterocycles. The van der Waals surface area contributed by atoms with Crippen LogP contribution in [0, 0.1) is 23.0 Å². The number of benzene rings is 1. The van der Waals surface area contributed by atoms with E-state index in [-0.39, 0.29) is 22.6 Å². The number of nitro benzene ring substituents is 1. The molecule has 0 unspecified atom stereocenters. The van der Waals surface area contributed by atoms with Crippen molar-refractivity contribution in [3.05, 3.63) is 39.4 Å². The molecule has 0 amide bonds. The maximum Gasteiger partial charge on any atom is 0.274 e. The van der Waals surface area contributed by atoms with Crippen molar-refractivity contribution in [1.82, 2.24) is 0 Å². The van der Waals surface area contributed by atoms with E-state index in [1.807, 2.05) is 26.8 Å². The Morgan fingerprint density at radius 2 is 2.00 bits per heavy atom. The molecular formula is C11H16N2O2. The number of hydrogen-bond acceptors (Lipinski definition) is 3. The summed E-state index contributed by atoms with van der Waals surface area (Å²) in [6, 6.07) is 4.88. The van der Waals surface area contributed by atoms with Crippen LogP contribution in [-0.4, -0.2) is 4.92 Å². The lowest BCUT2D eigenvalue weighted by Gasteiger charge is -2.16. The van der Waals surface area contributed by atoms with Crippen molar-refractivity contribution >= 4 is 5.69 Å². The quantitative estimate of drug-likeness (QED) is 0.613. The number of nitrogens with zero attached hydrogens (tertiary/aromatic N) is 1. The molecule has 82 valence electrons. The number of hydrogen-bond donors (Lipinski definition) is 1. The van der Waals surface area contributed by atoms with Crippen LogP contribution in [0.3, 0.4) is 0 Å². The maximum absolute atomic E-state index is 10.9. The third-order valence-corrected chi connectivity index (χ3v) is 2.46. The second kappa shape index (κ2) is 4.40. The fourth-order valence-corrected chi connectivity index (χ4v) is 1.45. The van der Waals surface area contributed by atoms with Gasteiger partial charge in [-0.05, 0) is 18.4 Å². The predicted molar refractivity (Wildman–Crippen MR) is 59.6 cm³/mol. The van der Waals surface area contributed by atoms with Gasteiger partial charge in [-0.3, -0.25) is 10.1 Å². The maximum atomic E-state index is 10.9. The predicted octanol–water partition coefficient (Wildman–Crippen LogP) is 2.56. The van der Waals surface area contributed by atoms with E-state index in [0.717, 1.165) is 5.56 Å². The molecule has 0 heterocycles. The molecule has 1 aromatic carbocycles. The minimum atomic E-state index is -0.370. The molecule has 0 fully saturated rings. The molecule has 0 spiro atoms. The van der Waals surface area contributed by atoms with Crippen LogP contribution in [0.25, 0.3) is 0 Å². The van der Waals surface area contributed by atoms with Gasteiger partial charge in [0.1, 0.15) is 0 Å². The lowest BCUT2D eigenvalue weighted by molar-refractivity contribution is -0.385. The van der Waals surface area contributed by atoms with Crippen molar-refractivity contribution in [1.29, 1.82) is 0 Å². The number of rotatable bonds is 3. The van der Waals surface area contributed by atoms with Crippen molar-refractivity contribution in [2.24, 2.45) is 11.7 Å². The van der Waals surface area contributed by atoms with Gasteiger partial charge in [0.25, 0.3) is 5.69 Å². The van der Waals surface area contributed by atoms with Crippen LogP contribution in [0.15, 0.2) is 18.2 Å². The van der Waals surface area contributed by atoms with Crippen LogP contribution < -0.4 is 5.73 Å². The van der Waals surface area contributed by atoms with E-state index in [2.05, 4.69) is 0 Å². The highest BCUT2D eigenvalue weighted by molar-refractivity contribution is 5.44. The van der Waals surface area contributed by atoms with E-state index in [1.54, 1.807) is 12.1 Å². The van der Waals surface area contributed by atoms with E-state index in [0.29, 0.717) is 5.56 Å². The summed E-state index contributed by atoms with van der Waals surface area (Å²) in [5, 5.41) is 10.9. The molecule has 0 bridgehead atoms. The topological polar surface area (TPSA) is 69.2 Å². The first-order valence-electron chi connectivity index (χ1n) is 4.94. The van der Waals surface area contributed by atoms with Crippen LogP contribution >= 0.6 is 0 Å². The summed E-state index contributed by atoms with van der Waals surface area (Å²) in [4.78, 5) is 10.5. The highest BCUT2D eigenvalue weighted by atomic mass is 16.6. The van der Waals surface area contributed by atoms with Crippen LogP contribution in [0.1, 0.15) is 31.0 Å². The third kappa shape index (κ3) is 2.53. The average Bonchev–Trinajstić information content (AvgIpc) is 2.16. The Morgan fingerprint density at radius 3 is 2.47 bits per heavy atom. The second-order valence-electron chi connectivity index (χ2n) is 4.09. The van der Waals surface area contributed by atoms with Gasteiger partial charge in [-0.1, -0.05) is 26.0 Å². The summed E-state index contributed by atoms with van der Waals surface area (Å²) in [7, 11) is 0. The van der Waals surface area contributed by atoms with E-state index >= 15 is 0 Å². The summed E-state index contributed by atoms with van der Waals surface area (Å²) in [6.45, 7) is 5.74. The van der Waals surface area contributed by atoms with Crippen molar-refractivity contribution < 1.29 is 4.92 Å². The first-order chi connectivity index (χ1) is 6.93. The Balaban J connectivity index is 3.22. The fraction of sp³-hybridized carbons (Fsp3) is 0.455. The Labute approximate surface area is 89.2 Å². The van der Waals surface area contributed by atoms with E-state index in [4.69, 9.17) is 5.73 Å². The highest BCUT2D eigenvalue weighted by Gasteiger charge is 2.21. The Morgan fingerprint density at radius 1 is 1.40 bits per heavy atom. The summed E-state index contributed by atoms with van der Waals surface area (Å²) >= 11 is 0. The van der Waals surface area contributed by atoms with Crippen LogP contribution in [0.2, 0.25) is 0 Å². The SMILES string of the molecule is Cc1ccc([C@H](N)C(C)C)c([N+](=O)[O-])c1. The molecule has 0 aliphatic carbocycles. The van der Waals surface area contributed by atoms with Gasteiger partial charge >= 0.3 is 0 Å². The fourth-order valence-electron chi connectivity index (χ4n) is 1.45. The second-order valence-corrected chi connectivity index (χ2v) is 4.09. The lowest BCUT2D eigenvalue weighted by Crippen LogP contribution is -2.18. The van der Waals surface area contributed by atoms with Crippen molar-refractivity contribution in [3.63, 3.8) is 0 Å². The standard InChI is InChI=1S/C11H16N2O2/c1-7(2)11(12)9-5-4-8(3)6-10(9)13(14)15/h4-7,11H,12H2,1-3H3/t11-/m1/s1. The van der Waals surface area contributed by atoms with Crippen LogP contribution in [0.5, 0.6) is 0 Å². The van der Waals surface area contributed by atoms with Gasteiger partial charge in [0.15, 0.2) is 0 Å². The summed E-state index contributed by atoms with van der Waals surface area (Å²) in [5.41, 5.74) is 7.53. The normalized spacial score (nSPS) is 12.9. The van der Waals surface area contributed by atoms with E-state index < -0.39 is 0 Å². The Hall–Kier alpha value is -1.42. The van der Waals surface area contributed by atoms with Crippen molar-refractivity contribution in [3.8, 4) is 0 Å². The van der Waals surface area contributed by atoms with E-state index in [1.165, 1.54) is 0 Å². The molecule has 0 aliphatic rings. The zero-order valence-corrected chi connectivity index (χ0v) is 9.23. The largest absolute Gasteiger partial charge is 0.324 e. The Kier molecular flexibility index (Phi) is 3.42. The molecule has 0 radical (unpaired) electrons. The van der Waals surface area contributed by atoms with E-state index in [9.17, 15) is 10.1 Å². The zero-order valence-electron chi connectivity index (χ0n) is 9.23. The van der Waals surface area contributed by atoms with Gasteiger partial charge in [0.05, 0.1) is 4.92 Å². The van der Waals surface area contributed by atoms with Gasteiger partial charge in [-0.2, -0.15) is 0 Å². The van der Waals surface area contributed by atoms with Crippen molar-refractivity contribution in [2.45, 2.75) is 26.8 Å². The monoisotopic (exact) mass is 208 g/mol. The van der Waals surface area contributed by atoms with Crippen LogP contribution in [0.4, 0.5) is 5.69 Å². The molecule has 15 heavy (non-hydrogen) atoms. The molecule has 2 N–H and O–H groups in total. The highest BCUT2D eigenvalue weighted by Crippen LogP contribution is 2.28. The molecule has 1 aromatic rings. The number of nitrogens with two attached hydrogens (primary N) is 1. The summed E-state index contributed by atoms with van der Waals surface area (Å²) in [6.07, 6.45) is 0. The van der Waals surface area contributed by atoms with Gasteiger partial charge in [-0.15, -0.1) is 0 Å². The van der Waals surface area contributed by atoms with Gasteiger partial charge < -0.3 is 5.73 Å². The molecule has 4 nitrogen and oxygen atoms in total. The summed E-state index contributed by atoms with van der Waals surface area (Å²) in [5.74, 6) is 0.186. The third-order valence-electron chi connectivity index (χ3n) is 2.46. The Bertz CT molecular complexity index is 375. The molecule has 0 saturated carbocycles. The minimum absolute atomic E-state index is 0.121. The molecule has 1 atom stereocenters. The minimum Gasteiger partial charge on any atom is -0.324 e. The number of nitro groups is 1. The van der Waals surface area contributed by atoms with Gasteiger partial charge in [-0.25, -0.2) is 0 Å². The van der Waals surface area contributed by atoms with Gasteiger partial charge in [0, 0.05) is 17.7 Å². The lowest BCUT2D eigenvalue weighted by atomic mass is 9.95. The first kappa shape index (κ1) is 11.7. The average molecular weight is 208 g/mol.